The number of ether oxygens (including phenoxy) is 2. The summed E-state index contributed by atoms with van der Waals surface area (Å²) in [5.41, 5.74) is 1.78. The molecule has 2 aromatic carbocycles. The molecule has 33 heavy (non-hydrogen) atoms. The van der Waals surface area contributed by atoms with Crippen molar-refractivity contribution in [1.82, 2.24) is 14.7 Å². The van der Waals surface area contributed by atoms with Crippen LogP contribution >= 0.6 is 0 Å². The molecule has 4 rings (SSSR count). The summed E-state index contributed by atoms with van der Waals surface area (Å²) in [6, 6.07) is 19.4. The van der Waals surface area contributed by atoms with Gasteiger partial charge in [-0.25, -0.2) is 0 Å². The lowest BCUT2D eigenvalue weighted by atomic mass is 10.1. The van der Waals surface area contributed by atoms with Crippen LogP contribution in [0, 0.1) is 11.3 Å². The minimum absolute atomic E-state index is 0.143. The standard InChI is InChI=1S/C26H32N4O3/c1-28(15-22-6-3-2-4-7-22)26(31)20-30-18-24-16-29(17-25(19-30)33-24)12-5-13-32-23-10-8-21(14-27)9-11-23/h2-4,6-11,24-25H,5,12-13,15-20H2,1H3. The molecule has 2 heterocycles. The van der Waals surface area contributed by atoms with E-state index in [1.807, 2.05) is 49.5 Å². The lowest BCUT2D eigenvalue weighted by Crippen LogP contribution is -2.60. The van der Waals surface area contributed by atoms with E-state index in [0.717, 1.165) is 50.5 Å². The van der Waals surface area contributed by atoms with E-state index >= 15 is 0 Å². The summed E-state index contributed by atoms with van der Waals surface area (Å²) in [6.45, 7) is 6.04. The quantitative estimate of drug-likeness (QED) is 0.549. The Kier molecular flexibility index (Phi) is 7.95. The SMILES string of the molecule is CN(Cc1ccccc1)C(=O)CN1CC2CN(CCCOc3ccc(C#N)cc3)CC(C1)O2. The summed E-state index contributed by atoms with van der Waals surface area (Å²) in [7, 11) is 1.87. The summed E-state index contributed by atoms with van der Waals surface area (Å²) < 4.78 is 12.0. The highest BCUT2D eigenvalue weighted by Gasteiger charge is 2.35. The molecule has 0 saturated carbocycles. The first-order valence-electron chi connectivity index (χ1n) is 11.6. The van der Waals surface area contributed by atoms with Crippen molar-refractivity contribution in [2.24, 2.45) is 0 Å². The van der Waals surface area contributed by atoms with Gasteiger partial charge in [0.05, 0.1) is 37.0 Å². The molecule has 2 unspecified atom stereocenters. The van der Waals surface area contributed by atoms with E-state index < -0.39 is 0 Å². The molecule has 7 heteroatoms. The lowest BCUT2D eigenvalue weighted by Gasteiger charge is -2.45. The maximum absolute atomic E-state index is 12.7. The zero-order chi connectivity index (χ0) is 23.0. The third kappa shape index (κ3) is 6.78. The van der Waals surface area contributed by atoms with Crippen LogP contribution in [0.3, 0.4) is 0 Å². The van der Waals surface area contributed by atoms with E-state index in [2.05, 4.69) is 15.9 Å². The first-order valence-corrected chi connectivity index (χ1v) is 11.6. The molecule has 2 atom stereocenters. The van der Waals surface area contributed by atoms with Gasteiger partial charge in [0.15, 0.2) is 0 Å². The molecule has 2 aromatic rings. The average Bonchev–Trinajstić information content (AvgIpc) is 2.82. The Bertz CT molecular complexity index is 930. The molecule has 2 aliphatic heterocycles. The maximum Gasteiger partial charge on any atom is 0.236 e. The number of morpholine rings is 2. The van der Waals surface area contributed by atoms with Gasteiger partial charge in [-0.1, -0.05) is 30.3 Å². The molecule has 2 bridgehead atoms. The van der Waals surface area contributed by atoms with Crippen LogP contribution in [0.2, 0.25) is 0 Å². The lowest BCUT2D eigenvalue weighted by molar-refractivity contribution is -0.149. The second-order valence-electron chi connectivity index (χ2n) is 8.91. The van der Waals surface area contributed by atoms with Crippen molar-refractivity contribution in [3.05, 3.63) is 65.7 Å². The Morgan fingerprint density at radius 1 is 1.06 bits per heavy atom. The highest BCUT2D eigenvalue weighted by Crippen LogP contribution is 2.20. The van der Waals surface area contributed by atoms with Gasteiger partial charge in [-0.2, -0.15) is 5.26 Å². The van der Waals surface area contributed by atoms with E-state index in [-0.39, 0.29) is 18.1 Å². The largest absolute Gasteiger partial charge is 0.494 e. The van der Waals surface area contributed by atoms with Gasteiger partial charge in [-0.15, -0.1) is 0 Å². The third-order valence-electron chi connectivity index (χ3n) is 6.15. The fraction of sp³-hybridized carbons (Fsp3) is 0.462. The molecule has 2 aliphatic rings. The van der Waals surface area contributed by atoms with Gasteiger partial charge >= 0.3 is 0 Å². The van der Waals surface area contributed by atoms with Crippen LogP contribution in [-0.2, 0) is 16.1 Å². The number of likely N-dealkylation sites (N-methyl/N-ethyl adjacent to an activating group) is 1. The number of rotatable bonds is 9. The van der Waals surface area contributed by atoms with Crippen LogP contribution in [0.25, 0.3) is 0 Å². The van der Waals surface area contributed by atoms with E-state index in [1.54, 1.807) is 17.0 Å². The van der Waals surface area contributed by atoms with Gasteiger partial charge < -0.3 is 14.4 Å². The topological polar surface area (TPSA) is 69.0 Å². The van der Waals surface area contributed by atoms with Crippen molar-refractivity contribution < 1.29 is 14.3 Å². The number of hydrogen-bond donors (Lipinski definition) is 0. The molecular weight excluding hydrogens is 416 g/mol. The molecule has 2 fully saturated rings. The van der Waals surface area contributed by atoms with Crippen molar-refractivity contribution >= 4 is 5.91 Å². The molecule has 2 saturated heterocycles. The van der Waals surface area contributed by atoms with E-state index in [0.29, 0.717) is 25.3 Å². The number of carbonyl (C=O) groups is 1. The fourth-order valence-electron chi connectivity index (χ4n) is 4.53. The van der Waals surface area contributed by atoms with E-state index in [4.69, 9.17) is 14.7 Å². The first kappa shape index (κ1) is 23.2. The maximum atomic E-state index is 12.7. The fourth-order valence-corrected chi connectivity index (χ4v) is 4.53. The van der Waals surface area contributed by atoms with E-state index in [9.17, 15) is 4.79 Å². The van der Waals surface area contributed by atoms with Crippen LogP contribution in [0.4, 0.5) is 0 Å². The second kappa shape index (κ2) is 11.3. The van der Waals surface area contributed by atoms with Gasteiger partial charge in [0, 0.05) is 46.3 Å². The molecule has 0 radical (unpaired) electrons. The van der Waals surface area contributed by atoms with Crippen LogP contribution in [-0.4, -0.2) is 85.7 Å². The molecule has 0 spiro atoms. The molecule has 1 amide bonds. The minimum atomic E-state index is 0.143. The number of nitriles is 1. The Balaban J connectivity index is 1.16. The van der Waals surface area contributed by atoms with E-state index in [1.165, 1.54) is 0 Å². The molecule has 7 nitrogen and oxygen atoms in total. The summed E-state index contributed by atoms with van der Waals surface area (Å²) in [5, 5.41) is 8.86. The summed E-state index contributed by atoms with van der Waals surface area (Å²) in [5.74, 6) is 0.945. The van der Waals surface area contributed by atoms with Gasteiger partial charge in [0.25, 0.3) is 0 Å². The van der Waals surface area contributed by atoms with Crippen molar-refractivity contribution in [2.45, 2.75) is 25.2 Å². The average molecular weight is 449 g/mol. The number of amides is 1. The first-order chi connectivity index (χ1) is 16.1. The van der Waals surface area contributed by atoms with Crippen molar-refractivity contribution in [3.63, 3.8) is 0 Å². The predicted octanol–water partition coefficient (Wildman–Crippen LogP) is 2.37. The summed E-state index contributed by atoms with van der Waals surface area (Å²) in [6.07, 6.45) is 1.22. The Labute approximate surface area is 196 Å². The molecule has 0 aliphatic carbocycles. The van der Waals surface area contributed by atoms with Crippen molar-refractivity contribution in [3.8, 4) is 11.8 Å². The third-order valence-corrected chi connectivity index (χ3v) is 6.15. The van der Waals surface area contributed by atoms with Crippen LogP contribution in [0.15, 0.2) is 54.6 Å². The molecule has 174 valence electrons. The van der Waals surface area contributed by atoms with Crippen molar-refractivity contribution in [2.75, 3.05) is 52.9 Å². The monoisotopic (exact) mass is 448 g/mol. The van der Waals surface area contributed by atoms with Crippen LogP contribution in [0.1, 0.15) is 17.5 Å². The number of nitrogens with zero attached hydrogens (tertiary/aromatic N) is 4. The number of fused-ring (bicyclic) bond motifs is 2. The molecule has 0 N–H and O–H groups in total. The molecular formula is C26H32N4O3. The normalized spacial score (nSPS) is 20.7. The Morgan fingerprint density at radius 2 is 1.73 bits per heavy atom. The van der Waals surface area contributed by atoms with Gasteiger partial charge in [-0.05, 0) is 36.2 Å². The highest BCUT2D eigenvalue weighted by atomic mass is 16.5. The Hall–Kier alpha value is -2.92. The highest BCUT2D eigenvalue weighted by molar-refractivity contribution is 5.78. The number of carbonyl (C=O) groups excluding carboxylic acids is 1. The van der Waals surface area contributed by atoms with Gasteiger partial charge in [0.2, 0.25) is 5.91 Å². The molecule has 0 aromatic heterocycles. The van der Waals surface area contributed by atoms with Gasteiger partial charge in [-0.3, -0.25) is 14.6 Å². The Morgan fingerprint density at radius 3 is 2.39 bits per heavy atom. The number of benzene rings is 2. The zero-order valence-electron chi connectivity index (χ0n) is 19.2. The van der Waals surface area contributed by atoms with Gasteiger partial charge in [0.1, 0.15) is 5.75 Å². The smallest absolute Gasteiger partial charge is 0.236 e. The second-order valence-corrected chi connectivity index (χ2v) is 8.91. The number of hydrogen-bond acceptors (Lipinski definition) is 6. The van der Waals surface area contributed by atoms with Crippen LogP contribution in [0.5, 0.6) is 5.75 Å². The minimum Gasteiger partial charge on any atom is -0.494 e. The van der Waals surface area contributed by atoms with Crippen LogP contribution < -0.4 is 4.74 Å². The summed E-state index contributed by atoms with van der Waals surface area (Å²) >= 11 is 0. The zero-order valence-corrected chi connectivity index (χ0v) is 19.2. The summed E-state index contributed by atoms with van der Waals surface area (Å²) in [4.78, 5) is 19.2. The predicted molar refractivity (Wildman–Crippen MR) is 126 cm³/mol. The van der Waals surface area contributed by atoms with Crippen molar-refractivity contribution in [1.29, 1.82) is 5.26 Å².